The van der Waals surface area contributed by atoms with E-state index in [1.54, 1.807) is 0 Å². The van der Waals surface area contributed by atoms with E-state index in [1.165, 1.54) is 11.3 Å². The zero-order valence-electron chi connectivity index (χ0n) is 10.7. The summed E-state index contributed by atoms with van der Waals surface area (Å²) in [5, 5.41) is 13.1. The molecule has 0 amide bonds. The molecule has 0 unspecified atom stereocenters. The van der Waals surface area contributed by atoms with Crippen molar-refractivity contribution in [2.45, 2.75) is 6.92 Å². The Kier molecular flexibility index (Phi) is 3.12. The third-order valence-corrected chi connectivity index (χ3v) is 3.81. The topological polar surface area (TPSA) is 63.3 Å². The van der Waals surface area contributed by atoms with Gasteiger partial charge in [0.1, 0.15) is 0 Å². The molecule has 5 heteroatoms. The molecule has 3 aromatic rings. The van der Waals surface area contributed by atoms with Crippen molar-refractivity contribution in [3.8, 4) is 22.8 Å². The summed E-state index contributed by atoms with van der Waals surface area (Å²) >= 11 is 1.51. The minimum absolute atomic E-state index is 0.0506. The molecule has 4 nitrogen and oxygen atoms in total. The molecule has 0 saturated heterocycles. The van der Waals surface area contributed by atoms with Crippen molar-refractivity contribution in [3.63, 3.8) is 0 Å². The zero-order valence-corrected chi connectivity index (χ0v) is 11.5. The summed E-state index contributed by atoms with van der Waals surface area (Å²) in [6.07, 6.45) is 0. The lowest BCUT2D eigenvalue weighted by Crippen LogP contribution is -1.98. The van der Waals surface area contributed by atoms with Gasteiger partial charge in [0.25, 0.3) is 0 Å². The van der Waals surface area contributed by atoms with Crippen LogP contribution >= 0.6 is 11.3 Å². The van der Waals surface area contributed by atoms with Crippen molar-refractivity contribution >= 4 is 17.3 Å². The first-order valence-electron chi connectivity index (χ1n) is 5.99. The minimum Gasteiger partial charge on any atom is -0.476 e. The number of hydrogen-bond acceptors (Lipinski definition) is 4. The highest BCUT2D eigenvalue weighted by atomic mass is 32.1. The molecule has 1 N–H and O–H groups in total. The van der Waals surface area contributed by atoms with Gasteiger partial charge in [-0.2, -0.15) is 11.3 Å². The van der Waals surface area contributed by atoms with Gasteiger partial charge in [-0.15, -0.1) is 0 Å². The van der Waals surface area contributed by atoms with Crippen molar-refractivity contribution in [2.75, 3.05) is 0 Å². The molecule has 0 bridgehead atoms. The van der Waals surface area contributed by atoms with E-state index in [2.05, 4.69) is 4.98 Å². The van der Waals surface area contributed by atoms with Gasteiger partial charge in [0.2, 0.25) is 5.89 Å². The van der Waals surface area contributed by atoms with Crippen LogP contribution in [-0.4, -0.2) is 16.1 Å². The Morgan fingerprint density at radius 3 is 2.60 bits per heavy atom. The smallest absolute Gasteiger partial charge is 0.358 e. The number of oxazole rings is 1. The number of carboxylic acid groups (broad SMARTS) is 1. The van der Waals surface area contributed by atoms with Gasteiger partial charge in [0.15, 0.2) is 11.5 Å². The third kappa shape index (κ3) is 2.12. The SMILES string of the molecule is Cc1cscc1-c1oc(-c2ccccc2)nc1C(=O)O. The molecular formula is C15H11NO3S. The first-order chi connectivity index (χ1) is 9.66. The molecular weight excluding hydrogens is 274 g/mol. The number of carbonyl (C=O) groups is 1. The van der Waals surface area contributed by atoms with Crippen LogP contribution in [0.3, 0.4) is 0 Å². The number of aromatic nitrogens is 1. The second-order valence-electron chi connectivity index (χ2n) is 4.34. The monoisotopic (exact) mass is 285 g/mol. The lowest BCUT2D eigenvalue weighted by atomic mass is 10.1. The van der Waals surface area contributed by atoms with Gasteiger partial charge in [-0.05, 0) is 30.0 Å². The normalized spacial score (nSPS) is 10.7. The van der Waals surface area contributed by atoms with E-state index in [1.807, 2.05) is 48.0 Å². The number of aryl methyl sites for hydroxylation is 1. The molecule has 0 aliphatic rings. The van der Waals surface area contributed by atoms with Crippen molar-refractivity contribution in [2.24, 2.45) is 0 Å². The zero-order chi connectivity index (χ0) is 14.1. The van der Waals surface area contributed by atoms with E-state index in [0.717, 1.165) is 16.7 Å². The van der Waals surface area contributed by atoms with Crippen molar-refractivity contribution in [1.82, 2.24) is 4.98 Å². The second kappa shape index (κ2) is 4.94. The number of rotatable bonds is 3. The maximum atomic E-state index is 11.4. The third-order valence-electron chi connectivity index (χ3n) is 2.95. The molecule has 0 aliphatic heterocycles. The van der Waals surface area contributed by atoms with Gasteiger partial charge in [-0.3, -0.25) is 0 Å². The Balaban J connectivity index is 2.18. The average Bonchev–Trinajstić information content (AvgIpc) is 3.05. The molecule has 0 spiro atoms. The molecule has 2 aromatic heterocycles. The number of benzene rings is 1. The number of nitrogens with zero attached hydrogens (tertiary/aromatic N) is 1. The fourth-order valence-corrected chi connectivity index (χ4v) is 2.77. The van der Waals surface area contributed by atoms with Crippen LogP contribution in [-0.2, 0) is 0 Å². The summed E-state index contributed by atoms with van der Waals surface area (Å²) in [6, 6.07) is 9.27. The fourth-order valence-electron chi connectivity index (χ4n) is 1.94. The molecule has 0 atom stereocenters. The van der Waals surface area contributed by atoms with Gasteiger partial charge in [0, 0.05) is 16.5 Å². The summed E-state index contributed by atoms with van der Waals surface area (Å²) in [6.45, 7) is 1.92. The van der Waals surface area contributed by atoms with E-state index in [9.17, 15) is 9.90 Å². The van der Waals surface area contributed by atoms with Crippen LogP contribution < -0.4 is 0 Å². The Morgan fingerprint density at radius 2 is 2.00 bits per heavy atom. The van der Waals surface area contributed by atoms with Crippen LogP contribution in [0.4, 0.5) is 0 Å². The van der Waals surface area contributed by atoms with Crippen molar-refractivity contribution in [3.05, 3.63) is 52.3 Å². The van der Waals surface area contributed by atoms with Gasteiger partial charge in [0.05, 0.1) is 0 Å². The Morgan fingerprint density at radius 1 is 1.25 bits per heavy atom. The second-order valence-corrected chi connectivity index (χ2v) is 5.08. The van der Waals surface area contributed by atoms with Crippen molar-refractivity contribution in [1.29, 1.82) is 0 Å². The highest BCUT2D eigenvalue weighted by molar-refractivity contribution is 7.08. The van der Waals surface area contributed by atoms with Gasteiger partial charge < -0.3 is 9.52 Å². The van der Waals surface area contributed by atoms with E-state index < -0.39 is 5.97 Å². The lowest BCUT2D eigenvalue weighted by Gasteiger charge is -1.96. The Bertz CT molecular complexity index is 759. The quantitative estimate of drug-likeness (QED) is 0.787. The predicted molar refractivity (Wildman–Crippen MR) is 76.9 cm³/mol. The van der Waals surface area contributed by atoms with E-state index in [4.69, 9.17) is 4.42 Å². The van der Waals surface area contributed by atoms with E-state index >= 15 is 0 Å². The summed E-state index contributed by atoms with van der Waals surface area (Å²) in [5.74, 6) is -0.449. The number of carboxylic acids is 1. The predicted octanol–water partition coefficient (Wildman–Crippen LogP) is 4.08. The molecule has 0 aliphatic carbocycles. The van der Waals surface area contributed by atoms with E-state index in [0.29, 0.717) is 11.7 Å². The van der Waals surface area contributed by atoms with Crippen LogP contribution in [0.2, 0.25) is 0 Å². The van der Waals surface area contributed by atoms with Crippen LogP contribution in [0, 0.1) is 6.92 Å². The van der Waals surface area contributed by atoms with Crippen LogP contribution in [0.15, 0.2) is 45.5 Å². The summed E-state index contributed by atoms with van der Waals surface area (Å²) in [5.41, 5.74) is 2.47. The van der Waals surface area contributed by atoms with Crippen LogP contribution in [0.25, 0.3) is 22.8 Å². The molecule has 0 radical (unpaired) electrons. The number of thiophene rings is 1. The summed E-state index contributed by atoms with van der Waals surface area (Å²) in [7, 11) is 0. The average molecular weight is 285 g/mol. The maximum Gasteiger partial charge on any atom is 0.358 e. The molecule has 3 rings (SSSR count). The first kappa shape index (κ1) is 12.6. The highest BCUT2D eigenvalue weighted by Crippen LogP contribution is 2.33. The Hall–Kier alpha value is -2.40. The van der Waals surface area contributed by atoms with Gasteiger partial charge in [-0.25, -0.2) is 9.78 Å². The minimum atomic E-state index is -1.09. The van der Waals surface area contributed by atoms with Crippen molar-refractivity contribution < 1.29 is 14.3 Å². The summed E-state index contributed by atoms with van der Waals surface area (Å²) < 4.78 is 5.70. The summed E-state index contributed by atoms with van der Waals surface area (Å²) in [4.78, 5) is 15.5. The molecule has 1 aromatic carbocycles. The Labute approximate surface area is 119 Å². The fraction of sp³-hybridized carbons (Fsp3) is 0.0667. The molecule has 20 heavy (non-hydrogen) atoms. The maximum absolute atomic E-state index is 11.4. The molecule has 2 heterocycles. The van der Waals surface area contributed by atoms with Gasteiger partial charge >= 0.3 is 5.97 Å². The molecule has 0 saturated carbocycles. The highest BCUT2D eigenvalue weighted by Gasteiger charge is 2.23. The lowest BCUT2D eigenvalue weighted by molar-refractivity contribution is 0.0691. The molecule has 100 valence electrons. The van der Waals surface area contributed by atoms with E-state index in [-0.39, 0.29) is 5.69 Å². The standard InChI is InChI=1S/C15H11NO3S/c1-9-7-20-8-11(9)13-12(15(17)18)16-14(19-13)10-5-3-2-4-6-10/h2-8H,1H3,(H,17,18). The van der Waals surface area contributed by atoms with Gasteiger partial charge in [-0.1, -0.05) is 18.2 Å². The number of hydrogen-bond donors (Lipinski definition) is 1. The first-order valence-corrected chi connectivity index (χ1v) is 6.94. The molecule has 0 fully saturated rings. The van der Waals surface area contributed by atoms with Crippen LogP contribution in [0.5, 0.6) is 0 Å². The van der Waals surface area contributed by atoms with Crippen LogP contribution in [0.1, 0.15) is 16.1 Å². The largest absolute Gasteiger partial charge is 0.476 e. The number of aromatic carboxylic acids is 1.